The average Bonchev–Trinajstić information content (AvgIpc) is 2.56. The van der Waals surface area contributed by atoms with E-state index in [1.54, 1.807) is 0 Å². The van der Waals surface area contributed by atoms with Crippen LogP contribution in [0.4, 0.5) is 0 Å². The molecule has 128 valence electrons. The first kappa shape index (κ1) is 17.0. The fourth-order valence-corrected chi connectivity index (χ4v) is 3.50. The number of hydrogen-bond donors (Lipinski definition) is 0. The second kappa shape index (κ2) is 7.37. The fraction of sp³-hybridized carbons (Fsp3) is 0.429. The van der Waals surface area contributed by atoms with Crippen LogP contribution in [-0.2, 0) is 6.54 Å². The molecule has 0 aliphatic carbocycles. The van der Waals surface area contributed by atoms with Crippen LogP contribution in [0.3, 0.4) is 0 Å². The van der Waals surface area contributed by atoms with Crippen molar-refractivity contribution < 1.29 is 4.74 Å². The molecule has 0 aromatic heterocycles. The summed E-state index contributed by atoms with van der Waals surface area (Å²) in [6.07, 6.45) is 0. The smallest absolute Gasteiger partial charge is 0.119 e. The van der Waals surface area contributed by atoms with Crippen LogP contribution in [-0.4, -0.2) is 50.1 Å². The van der Waals surface area contributed by atoms with Crippen LogP contribution < -0.4 is 4.74 Å². The molecule has 2 atom stereocenters. The molecule has 0 saturated heterocycles. The molecular formula is C21H28N2O. The minimum Gasteiger partial charge on any atom is -0.492 e. The highest BCUT2D eigenvalue weighted by atomic mass is 16.5. The highest BCUT2D eigenvalue weighted by Gasteiger charge is 2.31. The lowest BCUT2D eigenvalue weighted by Crippen LogP contribution is -2.39. The number of nitrogens with zero attached hydrogens (tertiary/aromatic N) is 2. The number of rotatable bonds is 5. The minimum absolute atomic E-state index is 0.413. The quantitative estimate of drug-likeness (QED) is 0.836. The molecule has 0 N–H and O–H groups in total. The van der Waals surface area contributed by atoms with Gasteiger partial charge in [-0.2, -0.15) is 0 Å². The molecule has 0 radical (unpaired) electrons. The molecule has 0 fully saturated rings. The summed E-state index contributed by atoms with van der Waals surface area (Å²) in [5, 5.41) is 0. The van der Waals surface area contributed by atoms with Gasteiger partial charge in [-0.15, -0.1) is 0 Å². The summed E-state index contributed by atoms with van der Waals surface area (Å²) in [6.45, 7) is 4.95. The highest BCUT2D eigenvalue weighted by molar-refractivity contribution is 5.45. The van der Waals surface area contributed by atoms with Crippen molar-refractivity contribution in [2.45, 2.75) is 25.4 Å². The van der Waals surface area contributed by atoms with Crippen LogP contribution in [0.2, 0.25) is 0 Å². The van der Waals surface area contributed by atoms with E-state index in [-0.39, 0.29) is 0 Å². The Morgan fingerprint density at radius 3 is 2.58 bits per heavy atom. The van der Waals surface area contributed by atoms with E-state index in [1.165, 1.54) is 16.7 Å². The zero-order chi connectivity index (χ0) is 17.1. The number of hydrogen-bond acceptors (Lipinski definition) is 3. The topological polar surface area (TPSA) is 15.7 Å². The number of likely N-dealkylation sites (N-methyl/N-ethyl adjacent to an activating group) is 2. The van der Waals surface area contributed by atoms with Gasteiger partial charge in [0.1, 0.15) is 12.4 Å². The van der Waals surface area contributed by atoms with Gasteiger partial charge in [-0.05, 0) is 56.9 Å². The lowest BCUT2D eigenvalue weighted by molar-refractivity contribution is 0.210. The second-order valence-corrected chi connectivity index (χ2v) is 7.06. The maximum atomic E-state index is 5.93. The Labute approximate surface area is 145 Å². The van der Waals surface area contributed by atoms with E-state index in [4.69, 9.17) is 4.74 Å². The van der Waals surface area contributed by atoms with E-state index in [1.807, 2.05) is 0 Å². The van der Waals surface area contributed by atoms with Gasteiger partial charge >= 0.3 is 0 Å². The van der Waals surface area contributed by atoms with E-state index < -0.39 is 0 Å². The molecule has 2 unspecified atom stereocenters. The number of benzene rings is 2. The van der Waals surface area contributed by atoms with E-state index >= 15 is 0 Å². The van der Waals surface area contributed by atoms with Gasteiger partial charge in [0.15, 0.2) is 0 Å². The number of ether oxygens (including phenoxy) is 1. The fourth-order valence-electron chi connectivity index (χ4n) is 3.50. The third-order valence-electron chi connectivity index (χ3n) is 5.01. The van der Waals surface area contributed by atoms with Crippen LogP contribution in [0, 0.1) is 0 Å². The summed E-state index contributed by atoms with van der Waals surface area (Å²) in [4.78, 5) is 4.57. The normalized spacial score (nSPS) is 20.9. The van der Waals surface area contributed by atoms with E-state index in [2.05, 4.69) is 86.4 Å². The SMILES string of the molecule is CC1C(c2ccccc2)c2ccc(OCCN(C)C)cc2CN1C. The molecule has 1 aliphatic rings. The molecule has 0 saturated carbocycles. The standard InChI is InChI=1S/C21H28N2O/c1-16-21(17-8-6-5-7-9-17)20-11-10-19(24-13-12-22(2)3)14-18(20)15-23(16)4/h5-11,14,16,21H,12-13,15H2,1-4H3. The zero-order valence-corrected chi connectivity index (χ0v) is 15.2. The summed E-state index contributed by atoms with van der Waals surface area (Å²) in [7, 11) is 6.34. The van der Waals surface area contributed by atoms with Crippen molar-refractivity contribution in [2.75, 3.05) is 34.3 Å². The predicted molar refractivity (Wildman–Crippen MR) is 99.7 cm³/mol. The van der Waals surface area contributed by atoms with E-state index in [0.717, 1.165) is 25.4 Å². The molecule has 3 rings (SSSR count). The first-order valence-corrected chi connectivity index (χ1v) is 8.72. The first-order chi connectivity index (χ1) is 11.6. The van der Waals surface area contributed by atoms with Crippen molar-refractivity contribution in [3.63, 3.8) is 0 Å². The Kier molecular flexibility index (Phi) is 5.22. The maximum absolute atomic E-state index is 5.93. The van der Waals surface area contributed by atoms with Crippen molar-refractivity contribution >= 4 is 0 Å². The Morgan fingerprint density at radius 2 is 1.88 bits per heavy atom. The highest BCUT2D eigenvalue weighted by Crippen LogP contribution is 2.38. The summed E-state index contributed by atoms with van der Waals surface area (Å²) in [6, 6.07) is 17.9. The van der Waals surface area contributed by atoms with Crippen molar-refractivity contribution in [3.8, 4) is 5.75 Å². The lowest BCUT2D eigenvalue weighted by atomic mass is 9.80. The molecule has 1 heterocycles. The minimum atomic E-state index is 0.413. The maximum Gasteiger partial charge on any atom is 0.119 e. The largest absolute Gasteiger partial charge is 0.492 e. The summed E-state index contributed by atoms with van der Waals surface area (Å²) >= 11 is 0. The predicted octanol–water partition coefficient (Wildman–Crippen LogP) is 3.59. The summed E-state index contributed by atoms with van der Waals surface area (Å²) in [5.74, 6) is 1.39. The molecule has 0 amide bonds. The van der Waals surface area contributed by atoms with Gasteiger partial charge in [0.2, 0.25) is 0 Å². The van der Waals surface area contributed by atoms with E-state index in [0.29, 0.717) is 12.0 Å². The molecule has 24 heavy (non-hydrogen) atoms. The molecule has 1 aliphatic heterocycles. The third kappa shape index (κ3) is 3.63. The molecule has 0 spiro atoms. The van der Waals surface area contributed by atoms with Gasteiger partial charge < -0.3 is 9.64 Å². The van der Waals surface area contributed by atoms with Crippen LogP contribution >= 0.6 is 0 Å². The molecule has 3 heteroatoms. The second-order valence-electron chi connectivity index (χ2n) is 7.06. The van der Waals surface area contributed by atoms with Crippen LogP contribution in [0.1, 0.15) is 29.5 Å². The van der Waals surface area contributed by atoms with Gasteiger partial charge in [0, 0.05) is 25.0 Å². The van der Waals surface area contributed by atoms with Gasteiger partial charge in [-0.3, -0.25) is 4.90 Å². The van der Waals surface area contributed by atoms with Crippen LogP contribution in [0.5, 0.6) is 5.75 Å². The van der Waals surface area contributed by atoms with Gasteiger partial charge in [-0.25, -0.2) is 0 Å². The van der Waals surface area contributed by atoms with Crippen molar-refractivity contribution in [2.24, 2.45) is 0 Å². The van der Waals surface area contributed by atoms with Crippen LogP contribution in [0.15, 0.2) is 48.5 Å². The Hall–Kier alpha value is -1.84. The van der Waals surface area contributed by atoms with Gasteiger partial charge in [0.25, 0.3) is 0 Å². The first-order valence-electron chi connectivity index (χ1n) is 8.72. The third-order valence-corrected chi connectivity index (χ3v) is 5.01. The Balaban J connectivity index is 1.87. The van der Waals surface area contributed by atoms with E-state index in [9.17, 15) is 0 Å². The zero-order valence-electron chi connectivity index (χ0n) is 15.2. The monoisotopic (exact) mass is 324 g/mol. The van der Waals surface area contributed by atoms with Crippen molar-refractivity contribution in [1.29, 1.82) is 0 Å². The summed E-state index contributed by atoms with van der Waals surface area (Å²) in [5.41, 5.74) is 4.21. The molecular weight excluding hydrogens is 296 g/mol. The molecule has 3 nitrogen and oxygen atoms in total. The van der Waals surface area contributed by atoms with Gasteiger partial charge in [-0.1, -0.05) is 36.4 Å². The summed E-state index contributed by atoms with van der Waals surface area (Å²) < 4.78 is 5.93. The number of fused-ring (bicyclic) bond motifs is 1. The van der Waals surface area contributed by atoms with Gasteiger partial charge in [0.05, 0.1) is 0 Å². The van der Waals surface area contributed by atoms with Crippen LogP contribution in [0.25, 0.3) is 0 Å². The lowest BCUT2D eigenvalue weighted by Gasteiger charge is -2.39. The Bertz CT molecular complexity index is 669. The Morgan fingerprint density at radius 1 is 1.12 bits per heavy atom. The molecule has 2 aromatic rings. The molecule has 2 aromatic carbocycles. The average molecular weight is 324 g/mol. The van der Waals surface area contributed by atoms with Crippen molar-refractivity contribution in [1.82, 2.24) is 9.80 Å². The molecule has 0 bridgehead atoms. The van der Waals surface area contributed by atoms with Crippen molar-refractivity contribution in [3.05, 3.63) is 65.2 Å².